The fourth-order valence-electron chi connectivity index (χ4n) is 2.93. The highest BCUT2D eigenvalue weighted by Crippen LogP contribution is 2.20. The minimum Gasteiger partial charge on any atom is -0.364 e. The molecule has 1 saturated carbocycles. The molecule has 7 heteroatoms. The van der Waals surface area contributed by atoms with Gasteiger partial charge in [-0.2, -0.15) is 0 Å². The summed E-state index contributed by atoms with van der Waals surface area (Å²) in [4.78, 5) is 24.9. The number of ether oxygens (including phenoxy) is 1. The summed E-state index contributed by atoms with van der Waals surface area (Å²) in [5, 5.41) is 5.84. The van der Waals surface area contributed by atoms with Crippen molar-refractivity contribution >= 4 is 24.2 Å². The summed E-state index contributed by atoms with van der Waals surface area (Å²) in [5.74, 6) is -0.346. The average molecular weight is 368 g/mol. The first-order chi connectivity index (χ1) is 11.7. The number of nitrogens with two attached hydrogens (primary N) is 1. The van der Waals surface area contributed by atoms with Gasteiger partial charge in [-0.3, -0.25) is 9.59 Å². The maximum Gasteiger partial charge on any atom is 0.249 e. The summed E-state index contributed by atoms with van der Waals surface area (Å²) in [7, 11) is 0. The molecular formula is C18H26ClN3O3. The van der Waals surface area contributed by atoms with Crippen molar-refractivity contribution in [1.29, 1.82) is 0 Å². The molecule has 1 aliphatic carbocycles. The van der Waals surface area contributed by atoms with Crippen LogP contribution < -0.4 is 16.4 Å². The van der Waals surface area contributed by atoms with Gasteiger partial charge in [-0.25, -0.2) is 0 Å². The van der Waals surface area contributed by atoms with E-state index in [1.54, 1.807) is 0 Å². The largest absolute Gasteiger partial charge is 0.364 e. The SMILES string of the molecule is Cl.NC[C@H]1CC[C@@H](C(=O)NC(Cc2ccccc2)C(=O)NC2CC2)O1. The van der Waals surface area contributed by atoms with Gasteiger partial charge in [0, 0.05) is 19.0 Å². The Morgan fingerprint density at radius 3 is 2.48 bits per heavy atom. The first-order valence-corrected chi connectivity index (χ1v) is 8.66. The quantitative estimate of drug-likeness (QED) is 0.668. The van der Waals surface area contributed by atoms with Crippen LogP contribution in [0.4, 0.5) is 0 Å². The first-order valence-electron chi connectivity index (χ1n) is 8.66. The summed E-state index contributed by atoms with van der Waals surface area (Å²) in [6.45, 7) is 0.416. The third kappa shape index (κ3) is 5.70. The molecule has 1 aromatic carbocycles. The topological polar surface area (TPSA) is 93.5 Å². The summed E-state index contributed by atoms with van der Waals surface area (Å²) in [6.07, 6.45) is 3.36. The van der Waals surface area contributed by atoms with Gasteiger partial charge in [-0.15, -0.1) is 12.4 Å². The molecule has 0 radical (unpaired) electrons. The van der Waals surface area contributed by atoms with E-state index in [-0.39, 0.29) is 36.4 Å². The second-order valence-electron chi connectivity index (χ2n) is 6.59. The lowest BCUT2D eigenvalue weighted by atomic mass is 10.0. The highest BCUT2D eigenvalue weighted by atomic mass is 35.5. The van der Waals surface area contributed by atoms with E-state index in [9.17, 15) is 9.59 Å². The van der Waals surface area contributed by atoms with E-state index >= 15 is 0 Å². The summed E-state index contributed by atoms with van der Waals surface area (Å²) in [6, 6.07) is 9.39. The standard InChI is InChI=1S/C18H25N3O3.ClH/c19-11-14-8-9-16(24-14)18(23)21-15(17(22)20-13-6-7-13)10-12-4-2-1-3-5-12;/h1-5,13-16H,6-11,19H2,(H,20,22)(H,21,23);1H/t14-,15?,16+;/m1./s1. The average Bonchev–Trinajstić information content (AvgIpc) is 3.27. The van der Waals surface area contributed by atoms with Gasteiger partial charge < -0.3 is 21.1 Å². The van der Waals surface area contributed by atoms with Crippen LogP contribution in [0.2, 0.25) is 0 Å². The van der Waals surface area contributed by atoms with Gasteiger partial charge in [0.1, 0.15) is 12.1 Å². The minimum absolute atomic E-state index is 0. The fourth-order valence-corrected chi connectivity index (χ4v) is 2.93. The predicted molar refractivity (Wildman–Crippen MR) is 97.4 cm³/mol. The monoisotopic (exact) mass is 367 g/mol. The van der Waals surface area contributed by atoms with Crippen molar-refractivity contribution in [2.75, 3.05) is 6.54 Å². The molecule has 1 aromatic rings. The van der Waals surface area contributed by atoms with Crippen molar-refractivity contribution in [2.45, 2.75) is 56.4 Å². The van der Waals surface area contributed by atoms with Crippen LogP contribution >= 0.6 is 12.4 Å². The van der Waals surface area contributed by atoms with Crippen LogP contribution in [0, 0.1) is 0 Å². The second kappa shape index (κ2) is 9.17. The second-order valence-corrected chi connectivity index (χ2v) is 6.59. The molecule has 6 nitrogen and oxygen atoms in total. The molecule has 0 spiro atoms. The number of carbonyl (C=O) groups is 2. The molecule has 1 unspecified atom stereocenters. The molecule has 2 amide bonds. The maximum absolute atomic E-state index is 12.5. The highest BCUT2D eigenvalue weighted by molar-refractivity contribution is 5.90. The number of hydrogen-bond acceptors (Lipinski definition) is 4. The van der Waals surface area contributed by atoms with Crippen LogP contribution in [0.1, 0.15) is 31.2 Å². The molecule has 25 heavy (non-hydrogen) atoms. The lowest BCUT2D eigenvalue weighted by Gasteiger charge is -2.21. The Bertz CT molecular complexity index is 580. The van der Waals surface area contributed by atoms with Gasteiger partial charge in [0.2, 0.25) is 11.8 Å². The number of hydrogen-bond donors (Lipinski definition) is 3. The van der Waals surface area contributed by atoms with E-state index in [1.165, 1.54) is 0 Å². The van der Waals surface area contributed by atoms with E-state index in [0.717, 1.165) is 24.8 Å². The molecule has 1 heterocycles. The van der Waals surface area contributed by atoms with Crippen molar-refractivity contribution in [2.24, 2.45) is 5.73 Å². The Balaban J connectivity index is 0.00000225. The van der Waals surface area contributed by atoms with Crippen LogP contribution in [0.25, 0.3) is 0 Å². The molecule has 1 saturated heterocycles. The predicted octanol–water partition coefficient (Wildman–Crippen LogP) is 0.921. The zero-order valence-electron chi connectivity index (χ0n) is 14.1. The third-order valence-electron chi connectivity index (χ3n) is 4.50. The fraction of sp³-hybridized carbons (Fsp3) is 0.556. The van der Waals surface area contributed by atoms with Crippen molar-refractivity contribution in [3.63, 3.8) is 0 Å². The Morgan fingerprint density at radius 2 is 1.88 bits per heavy atom. The zero-order chi connectivity index (χ0) is 16.9. The number of carbonyl (C=O) groups excluding carboxylic acids is 2. The van der Waals surface area contributed by atoms with Gasteiger partial charge in [-0.1, -0.05) is 30.3 Å². The van der Waals surface area contributed by atoms with Crippen LogP contribution in [0.5, 0.6) is 0 Å². The molecule has 4 N–H and O–H groups in total. The molecule has 138 valence electrons. The number of amides is 2. The van der Waals surface area contributed by atoms with Gasteiger partial charge in [-0.05, 0) is 31.2 Å². The molecule has 3 atom stereocenters. The van der Waals surface area contributed by atoms with Crippen LogP contribution in [0.3, 0.4) is 0 Å². The minimum atomic E-state index is -0.582. The van der Waals surface area contributed by atoms with Gasteiger partial charge in [0.05, 0.1) is 6.10 Å². The highest BCUT2D eigenvalue weighted by Gasteiger charge is 2.33. The van der Waals surface area contributed by atoms with Crippen molar-refractivity contribution < 1.29 is 14.3 Å². The van der Waals surface area contributed by atoms with E-state index < -0.39 is 12.1 Å². The van der Waals surface area contributed by atoms with E-state index in [0.29, 0.717) is 19.4 Å². The van der Waals surface area contributed by atoms with Gasteiger partial charge in [0.25, 0.3) is 0 Å². The summed E-state index contributed by atoms with van der Waals surface area (Å²) in [5.41, 5.74) is 6.60. The van der Waals surface area contributed by atoms with Crippen LogP contribution in [0.15, 0.2) is 30.3 Å². The van der Waals surface area contributed by atoms with Crippen molar-refractivity contribution in [3.05, 3.63) is 35.9 Å². The molecule has 0 aromatic heterocycles. The number of rotatable bonds is 7. The van der Waals surface area contributed by atoms with Crippen molar-refractivity contribution in [3.8, 4) is 0 Å². The molecule has 2 fully saturated rings. The van der Waals surface area contributed by atoms with Crippen LogP contribution in [-0.2, 0) is 20.7 Å². The van der Waals surface area contributed by atoms with E-state index in [2.05, 4.69) is 10.6 Å². The zero-order valence-corrected chi connectivity index (χ0v) is 15.0. The van der Waals surface area contributed by atoms with Crippen LogP contribution in [-0.4, -0.2) is 42.7 Å². The maximum atomic E-state index is 12.5. The molecule has 2 aliphatic rings. The molecular weight excluding hydrogens is 342 g/mol. The molecule has 3 rings (SSSR count). The third-order valence-corrected chi connectivity index (χ3v) is 4.50. The number of halogens is 1. The normalized spacial score (nSPS) is 23.4. The smallest absolute Gasteiger partial charge is 0.249 e. The first kappa shape index (κ1) is 19.7. The Kier molecular flexibility index (Phi) is 7.23. The Morgan fingerprint density at radius 1 is 1.16 bits per heavy atom. The lowest BCUT2D eigenvalue weighted by Crippen LogP contribution is -2.51. The summed E-state index contributed by atoms with van der Waals surface area (Å²) >= 11 is 0. The Labute approximate surface area is 154 Å². The number of nitrogens with one attached hydrogen (secondary N) is 2. The van der Waals surface area contributed by atoms with E-state index in [1.807, 2.05) is 30.3 Å². The summed E-state index contributed by atoms with van der Waals surface area (Å²) < 4.78 is 5.63. The Hall–Kier alpha value is -1.63. The lowest BCUT2D eigenvalue weighted by molar-refractivity contribution is -0.136. The van der Waals surface area contributed by atoms with Gasteiger partial charge in [0.15, 0.2) is 0 Å². The van der Waals surface area contributed by atoms with Crippen molar-refractivity contribution in [1.82, 2.24) is 10.6 Å². The molecule has 1 aliphatic heterocycles. The number of benzene rings is 1. The van der Waals surface area contributed by atoms with Gasteiger partial charge >= 0.3 is 0 Å². The molecule has 0 bridgehead atoms. The van der Waals surface area contributed by atoms with E-state index in [4.69, 9.17) is 10.5 Å².